The van der Waals surface area contributed by atoms with Crippen molar-refractivity contribution >= 4 is 12.1 Å². The van der Waals surface area contributed by atoms with Crippen molar-refractivity contribution in [3.05, 3.63) is 35.4 Å². The monoisotopic (exact) mass is 236 g/mol. The van der Waals surface area contributed by atoms with Crippen LogP contribution >= 0.6 is 0 Å². The van der Waals surface area contributed by atoms with E-state index in [-0.39, 0.29) is 6.54 Å². The number of hydrogen-bond acceptors (Lipinski definition) is 3. The van der Waals surface area contributed by atoms with Crippen molar-refractivity contribution in [2.75, 3.05) is 6.54 Å². The Morgan fingerprint density at radius 2 is 1.82 bits per heavy atom. The molecule has 90 valence electrons. The molecule has 0 saturated heterocycles. The number of carboxylic acid groups (broad SMARTS) is 2. The summed E-state index contributed by atoms with van der Waals surface area (Å²) >= 11 is 0. The van der Waals surface area contributed by atoms with Gasteiger partial charge in [0, 0.05) is 12.6 Å². The fourth-order valence-corrected chi connectivity index (χ4v) is 2.14. The first-order valence-electron chi connectivity index (χ1n) is 5.09. The minimum atomic E-state index is -1.28. The molecule has 4 N–H and O–H groups in total. The van der Waals surface area contributed by atoms with Gasteiger partial charge in [-0.05, 0) is 11.1 Å². The van der Waals surface area contributed by atoms with Crippen LogP contribution in [0, 0.1) is 0 Å². The van der Waals surface area contributed by atoms with Gasteiger partial charge in [-0.15, -0.1) is 0 Å². The normalized spacial score (nSPS) is 23.0. The van der Waals surface area contributed by atoms with Crippen molar-refractivity contribution in [3.63, 3.8) is 0 Å². The van der Waals surface area contributed by atoms with Gasteiger partial charge in [-0.3, -0.25) is 4.90 Å². The molecule has 0 unspecified atom stereocenters. The van der Waals surface area contributed by atoms with Crippen LogP contribution in [-0.4, -0.2) is 33.7 Å². The Hall–Kier alpha value is -2.08. The van der Waals surface area contributed by atoms with Crippen LogP contribution in [0.1, 0.15) is 23.2 Å². The maximum absolute atomic E-state index is 11.2. The van der Waals surface area contributed by atoms with Crippen molar-refractivity contribution in [2.24, 2.45) is 5.73 Å². The van der Waals surface area contributed by atoms with Gasteiger partial charge < -0.3 is 15.9 Å². The minimum Gasteiger partial charge on any atom is -0.479 e. The molecule has 6 heteroatoms. The van der Waals surface area contributed by atoms with Crippen LogP contribution in [0.15, 0.2) is 24.3 Å². The third-order valence-corrected chi connectivity index (χ3v) is 2.87. The van der Waals surface area contributed by atoms with Gasteiger partial charge in [0.25, 0.3) is 0 Å². The second-order valence-corrected chi connectivity index (χ2v) is 3.91. The number of nitrogens with zero attached hydrogens (tertiary/aromatic N) is 1. The molecule has 1 aromatic rings. The fourth-order valence-electron chi connectivity index (χ4n) is 2.14. The highest BCUT2D eigenvalue weighted by Crippen LogP contribution is 2.33. The summed E-state index contributed by atoms with van der Waals surface area (Å²) in [6.07, 6.45) is -1.28. The van der Waals surface area contributed by atoms with E-state index < -0.39 is 24.1 Å². The van der Waals surface area contributed by atoms with Crippen LogP contribution < -0.4 is 5.73 Å². The number of fused-ring (bicyclic) bond motifs is 1. The molecule has 0 spiro atoms. The van der Waals surface area contributed by atoms with Crippen LogP contribution in [0.2, 0.25) is 0 Å². The Morgan fingerprint density at radius 1 is 1.24 bits per heavy atom. The number of hydrogen-bond donors (Lipinski definition) is 3. The molecule has 0 saturated carbocycles. The summed E-state index contributed by atoms with van der Waals surface area (Å²) in [6, 6.07) is 5.10. The number of nitrogens with two attached hydrogens (primary N) is 1. The van der Waals surface area contributed by atoms with Gasteiger partial charge in [-0.2, -0.15) is 0 Å². The quantitative estimate of drug-likeness (QED) is 0.669. The minimum absolute atomic E-state index is 0.0106. The first kappa shape index (κ1) is 11.4. The zero-order valence-corrected chi connectivity index (χ0v) is 8.91. The lowest BCUT2D eigenvalue weighted by atomic mass is 9.90. The van der Waals surface area contributed by atoms with Crippen LogP contribution in [0.25, 0.3) is 0 Å². The predicted octanol–water partition coefficient (Wildman–Crippen LogP) is 0.806. The lowest BCUT2D eigenvalue weighted by molar-refractivity contribution is -0.143. The molecule has 17 heavy (non-hydrogen) atoms. The Kier molecular flexibility index (Phi) is 2.72. The van der Waals surface area contributed by atoms with Gasteiger partial charge in [0.05, 0.1) is 0 Å². The number of rotatable bonds is 1. The Balaban J connectivity index is 2.54. The maximum Gasteiger partial charge on any atom is 0.408 e. The third kappa shape index (κ3) is 1.83. The molecule has 2 atom stereocenters. The van der Waals surface area contributed by atoms with Crippen LogP contribution in [0.5, 0.6) is 0 Å². The SMILES string of the molecule is N[C@H]1CN(C(=O)O)[C@H](C(=O)O)c2ccccc21. The van der Waals surface area contributed by atoms with Crippen molar-refractivity contribution in [1.82, 2.24) is 4.90 Å². The van der Waals surface area contributed by atoms with E-state index in [4.69, 9.17) is 15.9 Å². The number of amides is 1. The number of benzene rings is 1. The smallest absolute Gasteiger partial charge is 0.408 e. The van der Waals surface area contributed by atoms with E-state index in [1.807, 2.05) is 0 Å². The van der Waals surface area contributed by atoms with E-state index in [1.165, 1.54) is 0 Å². The molecule has 6 nitrogen and oxygen atoms in total. The van der Waals surface area contributed by atoms with E-state index in [0.717, 1.165) is 4.90 Å². The molecule has 2 rings (SSSR count). The standard InChI is InChI=1S/C11H12N2O4/c12-8-5-13(11(16)17)9(10(14)15)7-4-2-1-3-6(7)8/h1-4,8-9H,5,12H2,(H,14,15)(H,16,17)/t8-,9-/m0/s1. The highest BCUT2D eigenvalue weighted by Gasteiger charge is 2.38. The molecule has 0 aromatic heterocycles. The van der Waals surface area contributed by atoms with E-state index in [2.05, 4.69) is 0 Å². The molecular weight excluding hydrogens is 224 g/mol. The number of aliphatic carboxylic acids is 1. The maximum atomic E-state index is 11.2. The molecule has 1 aliphatic rings. The van der Waals surface area contributed by atoms with E-state index in [9.17, 15) is 9.59 Å². The summed E-state index contributed by atoms with van der Waals surface area (Å²) in [5.41, 5.74) is 6.98. The van der Waals surface area contributed by atoms with E-state index in [1.54, 1.807) is 24.3 Å². The first-order chi connectivity index (χ1) is 8.02. The molecule has 0 fully saturated rings. The Bertz CT molecular complexity index is 474. The van der Waals surface area contributed by atoms with Gasteiger partial charge in [0.1, 0.15) is 0 Å². The van der Waals surface area contributed by atoms with Gasteiger partial charge in [0.2, 0.25) is 0 Å². The summed E-state index contributed by atoms with van der Waals surface area (Å²) in [5.74, 6) is -1.19. The first-order valence-corrected chi connectivity index (χ1v) is 5.09. The summed E-state index contributed by atoms with van der Waals surface area (Å²) in [6.45, 7) is -0.0106. The zero-order valence-electron chi connectivity index (χ0n) is 8.91. The Labute approximate surface area is 97.3 Å². The van der Waals surface area contributed by atoms with Crippen molar-refractivity contribution in [1.29, 1.82) is 0 Å². The average molecular weight is 236 g/mol. The number of carboxylic acids is 1. The highest BCUT2D eigenvalue weighted by atomic mass is 16.4. The summed E-state index contributed by atoms with van der Waals surface area (Å²) in [5, 5.41) is 18.2. The zero-order chi connectivity index (χ0) is 12.6. The van der Waals surface area contributed by atoms with E-state index in [0.29, 0.717) is 11.1 Å². The molecule has 0 aliphatic carbocycles. The fraction of sp³-hybridized carbons (Fsp3) is 0.273. The lowest BCUT2D eigenvalue weighted by Gasteiger charge is -2.35. The van der Waals surface area contributed by atoms with E-state index >= 15 is 0 Å². The van der Waals surface area contributed by atoms with Crippen LogP contribution in [0.4, 0.5) is 4.79 Å². The van der Waals surface area contributed by atoms with Crippen molar-refractivity contribution in [2.45, 2.75) is 12.1 Å². The molecule has 0 bridgehead atoms. The summed E-state index contributed by atoms with van der Waals surface area (Å²) in [7, 11) is 0. The van der Waals surface area contributed by atoms with Crippen molar-refractivity contribution < 1.29 is 19.8 Å². The largest absolute Gasteiger partial charge is 0.479 e. The molecule has 1 aliphatic heterocycles. The predicted molar refractivity (Wildman–Crippen MR) is 58.5 cm³/mol. The van der Waals surface area contributed by atoms with Crippen LogP contribution in [0.3, 0.4) is 0 Å². The third-order valence-electron chi connectivity index (χ3n) is 2.87. The second-order valence-electron chi connectivity index (χ2n) is 3.91. The lowest BCUT2D eigenvalue weighted by Crippen LogP contribution is -2.46. The van der Waals surface area contributed by atoms with Gasteiger partial charge in [-0.1, -0.05) is 24.3 Å². The Morgan fingerprint density at radius 3 is 2.35 bits per heavy atom. The molecule has 1 amide bonds. The average Bonchev–Trinajstić information content (AvgIpc) is 2.28. The highest BCUT2D eigenvalue weighted by molar-refractivity contribution is 5.82. The molecular formula is C11H12N2O4. The molecule has 0 radical (unpaired) electrons. The summed E-state index contributed by atoms with van der Waals surface area (Å²) in [4.78, 5) is 23.1. The molecule has 1 heterocycles. The van der Waals surface area contributed by atoms with Gasteiger partial charge >= 0.3 is 12.1 Å². The second kappa shape index (κ2) is 4.06. The molecule has 1 aromatic carbocycles. The summed E-state index contributed by atoms with van der Waals surface area (Å²) < 4.78 is 0. The van der Waals surface area contributed by atoms with Gasteiger partial charge in [0.15, 0.2) is 6.04 Å². The topological polar surface area (TPSA) is 104 Å². The van der Waals surface area contributed by atoms with Gasteiger partial charge in [-0.25, -0.2) is 9.59 Å². The van der Waals surface area contributed by atoms with Crippen molar-refractivity contribution in [3.8, 4) is 0 Å². The van der Waals surface area contributed by atoms with Crippen LogP contribution in [-0.2, 0) is 4.79 Å². The number of carbonyl (C=O) groups is 2.